The van der Waals surface area contributed by atoms with E-state index in [4.69, 9.17) is 0 Å². The van der Waals surface area contributed by atoms with Gasteiger partial charge in [0, 0.05) is 29.7 Å². The summed E-state index contributed by atoms with van der Waals surface area (Å²) in [7, 11) is 2.26. The molecule has 0 radical (unpaired) electrons. The van der Waals surface area contributed by atoms with Gasteiger partial charge in [0.25, 0.3) is 0 Å². The van der Waals surface area contributed by atoms with Crippen LogP contribution in [0.25, 0.3) is 0 Å². The minimum Gasteiger partial charge on any atom is -0.314 e. The van der Waals surface area contributed by atoms with Gasteiger partial charge >= 0.3 is 0 Å². The molecule has 0 amide bonds. The quantitative estimate of drug-likeness (QED) is 0.909. The molecular formula is C14H25N3S. The Morgan fingerprint density at radius 1 is 1.50 bits per heavy atom. The molecule has 0 spiro atoms. The first-order chi connectivity index (χ1) is 8.68. The molecule has 2 rings (SSSR count). The van der Waals surface area contributed by atoms with E-state index in [1.165, 1.54) is 30.7 Å². The van der Waals surface area contributed by atoms with Crippen LogP contribution in [0.3, 0.4) is 0 Å². The van der Waals surface area contributed by atoms with Crippen molar-refractivity contribution in [2.24, 2.45) is 5.92 Å². The van der Waals surface area contributed by atoms with Crippen molar-refractivity contribution in [3.63, 3.8) is 0 Å². The third-order valence-electron chi connectivity index (χ3n) is 3.79. The van der Waals surface area contributed by atoms with E-state index in [-0.39, 0.29) is 0 Å². The van der Waals surface area contributed by atoms with Crippen molar-refractivity contribution in [1.29, 1.82) is 0 Å². The highest BCUT2D eigenvalue weighted by atomic mass is 32.1. The molecule has 4 heteroatoms. The molecule has 18 heavy (non-hydrogen) atoms. The van der Waals surface area contributed by atoms with Gasteiger partial charge in [-0.1, -0.05) is 20.3 Å². The number of hydrogen-bond acceptors (Lipinski definition) is 4. The molecule has 2 unspecified atom stereocenters. The van der Waals surface area contributed by atoms with Crippen LogP contribution in [-0.4, -0.2) is 36.1 Å². The van der Waals surface area contributed by atoms with Crippen LogP contribution in [0.4, 0.5) is 0 Å². The maximum Gasteiger partial charge on any atom is 0.0794 e. The fraction of sp³-hybridized carbons (Fsp3) is 0.786. The van der Waals surface area contributed by atoms with E-state index in [9.17, 15) is 0 Å². The number of thiazole rings is 1. The molecule has 2 atom stereocenters. The zero-order chi connectivity index (χ0) is 13.0. The lowest BCUT2D eigenvalue weighted by Gasteiger charge is -2.32. The standard InChI is InChI=1S/C14H25N3S/c1-11(2)16-8-12-6-4-5-7-17(3)14(12)13-9-15-10-18-13/h9-12,14,16H,4-8H2,1-3H3. The molecule has 102 valence electrons. The van der Waals surface area contributed by atoms with Crippen molar-refractivity contribution < 1.29 is 0 Å². The summed E-state index contributed by atoms with van der Waals surface area (Å²) in [6.07, 6.45) is 6.06. The zero-order valence-electron chi connectivity index (χ0n) is 11.7. The molecule has 1 fully saturated rings. The lowest BCUT2D eigenvalue weighted by molar-refractivity contribution is 0.190. The number of likely N-dealkylation sites (tertiary alicyclic amines) is 1. The predicted octanol–water partition coefficient (Wildman–Crippen LogP) is 2.91. The Balaban J connectivity index is 2.11. The monoisotopic (exact) mass is 267 g/mol. The molecule has 1 aliphatic heterocycles. The molecule has 1 aromatic rings. The highest BCUT2D eigenvalue weighted by Crippen LogP contribution is 2.35. The van der Waals surface area contributed by atoms with Crippen molar-refractivity contribution in [2.45, 2.75) is 45.2 Å². The average molecular weight is 267 g/mol. The Hall–Kier alpha value is -0.450. The Morgan fingerprint density at radius 3 is 3.00 bits per heavy atom. The lowest BCUT2D eigenvalue weighted by atomic mass is 9.93. The van der Waals surface area contributed by atoms with E-state index in [1.807, 2.05) is 5.51 Å². The molecule has 0 saturated carbocycles. The SMILES string of the molecule is CC(C)NCC1CCCCN(C)C1c1cncs1. The summed E-state index contributed by atoms with van der Waals surface area (Å²) in [5, 5.41) is 3.61. The maximum atomic E-state index is 4.26. The number of rotatable bonds is 4. The topological polar surface area (TPSA) is 28.2 Å². The zero-order valence-corrected chi connectivity index (χ0v) is 12.5. The van der Waals surface area contributed by atoms with E-state index in [2.05, 4.69) is 42.3 Å². The van der Waals surface area contributed by atoms with E-state index >= 15 is 0 Å². The van der Waals surface area contributed by atoms with E-state index in [0.717, 1.165) is 6.54 Å². The number of aromatic nitrogens is 1. The molecule has 0 aromatic carbocycles. The van der Waals surface area contributed by atoms with Gasteiger partial charge in [-0.3, -0.25) is 9.88 Å². The minimum absolute atomic E-state index is 0.547. The summed E-state index contributed by atoms with van der Waals surface area (Å²) in [6, 6.07) is 1.12. The molecule has 1 aromatic heterocycles. The summed E-state index contributed by atoms with van der Waals surface area (Å²) < 4.78 is 0. The van der Waals surface area contributed by atoms with Crippen LogP contribution < -0.4 is 5.32 Å². The fourth-order valence-corrected chi connectivity index (χ4v) is 3.72. The molecule has 2 heterocycles. The molecule has 1 N–H and O–H groups in total. The van der Waals surface area contributed by atoms with Crippen LogP contribution in [0.5, 0.6) is 0 Å². The molecule has 0 bridgehead atoms. The van der Waals surface area contributed by atoms with Gasteiger partial charge in [0.2, 0.25) is 0 Å². The van der Waals surface area contributed by atoms with Crippen molar-refractivity contribution in [3.8, 4) is 0 Å². The normalized spacial score (nSPS) is 26.4. The summed E-state index contributed by atoms with van der Waals surface area (Å²) >= 11 is 1.80. The third-order valence-corrected chi connectivity index (χ3v) is 4.63. The van der Waals surface area contributed by atoms with Gasteiger partial charge in [0.05, 0.1) is 5.51 Å². The summed E-state index contributed by atoms with van der Waals surface area (Å²) in [6.45, 7) is 6.77. The second-order valence-corrected chi connectivity index (χ2v) is 6.57. The third kappa shape index (κ3) is 3.53. The van der Waals surface area contributed by atoms with Crippen LogP contribution >= 0.6 is 11.3 Å². The van der Waals surface area contributed by atoms with Crippen molar-refractivity contribution in [2.75, 3.05) is 20.1 Å². The largest absolute Gasteiger partial charge is 0.314 e. The van der Waals surface area contributed by atoms with Crippen molar-refractivity contribution in [1.82, 2.24) is 15.2 Å². The molecular weight excluding hydrogens is 242 g/mol. The van der Waals surface area contributed by atoms with Gasteiger partial charge in [-0.2, -0.15) is 0 Å². The van der Waals surface area contributed by atoms with E-state index < -0.39 is 0 Å². The second kappa shape index (κ2) is 6.64. The van der Waals surface area contributed by atoms with Gasteiger partial charge < -0.3 is 5.32 Å². The molecule has 0 aliphatic carbocycles. The minimum atomic E-state index is 0.547. The van der Waals surface area contributed by atoms with E-state index in [1.54, 1.807) is 11.3 Å². The summed E-state index contributed by atoms with van der Waals surface area (Å²) in [5.41, 5.74) is 1.96. The van der Waals surface area contributed by atoms with Crippen LogP contribution in [0.2, 0.25) is 0 Å². The Morgan fingerprint density at radius 2 is 2.33 bits per heavy atom. The summed E-state index contributed by atoms with van der Waals surface area (Å²) in [4.78, 5) is 8.21. The molecule has 1 saturated heterocycles. The fourth-order valence-electron chi connectivity index (χ4n) is 2.85. The number of hydrogen-bond donors (Lipinski definition) is 1. The number of nitrogens with zero attached hydrogens (tertiary/aromatic N) is 2. The van der Waals surface area contributed by atoms with Gasteiger partial charge in [-0.15, -0.1) is 11.3 Å². The van der Waals surface area contributed by atoms with Crippen molar-refractivity contribution >= 4 is 11.3 Å². The Bertz CT molecular complexity index is 337. The predicted molar refractivity (Wildman–Crippen MR) is 78.0 cm³/mol. The smallest absolute Gasteiger partial charge is 0.0794 e. The maximum absolute atomic E-state index is 4.26. The Kier molecular flexibility index (Phi) is 5.15. The van der Waals surface area contributed by atoms with Crippen LogP contribution in [0, 0.1) is 5.92 Å². The molecule has 3 nitrogen and oxygen atoms in total. The van der Waals surface area contributed by atoms with Gasteiger partial charge in [0.1, 0.15) is 0 Å². The van der Waals surface area contributed by atoms with Gasteiger partial charge in [-0.05, 0) is 32.4 Å². The van der Waals surface area contributed by atoms with Crippen LogP contribution in [-0.2, 0) is 0 Å². The highest BCUT2D eigenvalue weighted by molar-refractivity contribution is 7.09. The van der Waals surface area contributed by atoms with Gasteiger partial charge in [-0.25, -0.2) is 0 Å². The van der Waals surface area contributed by atoms with Crippen molar-refractivity contribution in [3.05, 3.63) is 16.6 Å². The summed E-state index contributed by atoms with van der Waals surface area (Å²) in [5.74, 6) is 0.709. The first-order valence-corrected chi connectivity index (χ1v) is 7.88. The van der Waals surface area contributed by atoms with Crippen LogP contribution in [0.1, 0.15) is 44.0 Å². The first-order valence-electron chi connectivity index (χ1n) is 7.00. The Labute approximate surface area is 115 Å². The average Bonchev–Trinajstić information content (AvgIpc) is 2.78. The number of nitrogens with one attached hydrogen (secondary N) is 1. The van der Waals surface area contributed by atoms with E-state index in [0.29, 0.717) is 18.0 Å². The van der Waals surface area contributed by atoms with Gasteiger partial charge in [0.15, 0.2) is 0 Å². The van der Waals surface area contributed by atoms with Crippen LogP contribution in [0.15, 0.2) is 11.7 Å². The molecule has 1 aliphatic rings. The highest BCUT2D eigenvalue weighted by Gasteiger charge is 2.29. The lowest BCUT2D eigenvalue weighted by Crippen LogP contribution is -2.36. The second-order valence-electron chi connectivity index (χ2n) is 5.65. The first kappa shape index (κ1) is 14.0.